The third kappa shape index (κ3) is 18.9. The molecule has 0 saturated carbocycles. The van der Waals surface area contributed by atoms with E-state index in [0.717, 1.165) is 0 Å². The zero-order chi connectivity index (χ0) is 7.49. The summed E-state index contributed by atoms with van der Waals surface area (Å²) in [6, 6.07) is 0. The van der Waals surface area contributed by atoms with Crippen LogP contribution < -0.4 is 73.8 Å². The molecule has 6 heteroatoms. The number of hydrogen-bond donors (Lipinski definition) is 0. The van der Waals surface area contributed by atoms with E-state index in [1.165, 1.54) is 0 Å². The van der Waals surface area contributed by atoms with Crippen LogP contribution in [0.1, 0.15) is 20.3 Å². The van der Waals surface area contributed by atoms with Gasteiger partial charge in [0, 0.05) is 6.16 Å². The van der Waals surface area contributed by atoms with Gasteiger partial charge in [-0.05, 0) is 12.3 Å². The van der Waals surface area contributed by atoms with Gasteiger partial charge in [-0.1, -0.05) is 13.8 Å². The van der Waals surface area contributed by atoms with E-state index in [9.17, 15) is 14.7 Å². The van der Waals surface area contributed by atoms with E-state index in [2.05, 4.69) is 0 Å². The molecule has 11 heavy (non-hydrogen) atoms. The Labute approximate surface area is 113 Å². The van der Waals surface area contributed by atoms with E-state index in [-0.39, 0.29) is 65.3 Å². The Bertz CT molecular complexity index is 84.3. The second kappa shape index (κ2) is 8.89. The smallest absolute Gasteiger partial charge is 0.688 e. The summed E-state index contributed by atoms with van der Waals surface area (Å²) in [4.78, 5) is 30.0. The van der Waals surface area contributed by atoms with Crippen molar-refractivity contribution in [2.75, 3.05) is 6.16 Å². The van der Waals surface area contributed by atoms with Gasteiger partial charge in [-0.15, -0.1) is 0 Å². The van der Waals surface area contributed by atoms with E-state index < -0.39 is 7.94 Å². The van der Waals surface area contributed by atoms with Crippen molar-refractivity contribution in [1.82, 2.24) is 0 Å². The van der Waals surface area contributed by atoms with Crippen molar-refractivity contribution < 1.29 is 73.8 Å². The summed E-state index contributed by atoms with van der Waals surface area (Å²) in [6.07, 6.45) is 0.273. The Morgan fingerprint density at radius 1 is 1.09 bits per heavy atom. The molecule has 0 rings (SSSR count). The van der Waals surface area contributed by atoms with Crippen molar-refractivity contribution in [2.24, 2.45) is 5.92 Å². The molecule has 56 valence electrons. The van der Waals surface area contributed by atoms with Crippen LogP contribution in [0.3, 0.4) is 0 Å². The van der Waals surface area contributed by atoms with E-state index >= 15 is 0 Å². The van der Waals surface area contributed by atoms with Gasteiger partial charge in [-0.25, -0.2) is 0 Å². The zero-order valence-corrected chi connectivity index (χ0v) is 12.6. The van der Waals surface area contributed by atoms with Crippen LogP contribution in [-0.4, -0.2) is 6.16 Å². The molecule has 0 unspecified atom stereocenters. The average molecular weight is 196 g/mol. The molecule has 0 heterocycles. The maximum atomic E-state index is 10.0. The minimum Gasteiger partial charge on any atom is -0.688 e. The summed E-state index contributed by atoms with van der Waals surface area (Å²) in [7, 11) is -4.22. The molecule has 0 aromatic rings. The maximum Gasteiger partial charge on any atom is 1.00 e. The van der Waals surface area contributed by atoms with Gasteiger partial charge in [0.05, 0.1) is 0 Å². The summed E-state index contributed by atoms with van der Waals surface area (Å²) < 4.78 is 0. The van der Waals surface area contributed by atoms with Crippen LogP contribution in [0.25, 0.3) is 0 Å². The van der Waals surface area contributed by atoms with E-state index in [1.807, 2.05) is 13.8 Å². The molecule has 0 N–H and O–H groups in total. The second-order valence-corrected chi connectivity index (χ2v) is 4.19. The fourth-order valence-corrected chi connectivity index (χ4v) is 1.25. The third-order valence-electron chi connectivity index (χ3n) is 0.980. The van der Waals surface area contributed by atoms with Gasteiger partial charge in [-0.3, -0.25) is 0 Å². The van der Waals surface area contributed by atoms with Gasteiger partial charge in [-0.2, -0.15) is 7.94 Å². The number of hydrogen-bond acceptors (Lipinski definition) is 3. The van der Waals surface area contributed by atoms with Gasteiger partial charge >= 0.3 is 59.1 Å². The maximum absolute atomic E-state index is 10.0. The van der Waals surface area contributed by atoms with Crippen LogP contribution in [-0.2, 0) is 0 Å². The first kappa shape index (κ1) is 19.0. The van der Waals surface area contributed by atoms with Crippen LogP contribution >= 0.6 is 7.94 Å². The minimum atomic E-state index is -4.22. The molecule has 0 atom stereocenters. The van der Waals surface area contributed by atoms with Gasteiger partial charge in [0.2, 0.25) is 0 Å². The average Bonchev–Trinajstić information content (AvgIpc) is 1.59. The standard InChI is InChI=1S/C5H13O3P.2Na/c1-5(2)3-4-9(6,7)8;;/h5H,3-4H2,1-2H3,(H2,6,7,8);;/q;2*+1/p-2. The fraction of sp³-hybridized carbons (Fsp3) is 1.00. The first-order chi connectivity index (χ1) is 3.92. The van der Waals surface area contributed by atoms with Crippen molar-refractivity contribution in [3.8, 4) is 0 Å². The first-order valence-electron chi connectivity index (χ1n) is 2.93. The fourth-order valence-electron chi connectivity index (χ4n) is 0.416. The normalized spacial score (nSPS) is 10.4. The molecule has 3 nitrogen and oxygen atoms in total. The predicted molar refractivity (Wildman–Crippen MR) is 31.2 cm³/mol. The monoisotopic (exact) mass is 196 g/mol. The van der Waals surface area contributed by atoms with E-state index in [0.29, 0.717) is 12.3 Å². The SMILES string of the molecule is CC(C)CC[P+]([O-])([O-])[O-].[Na+].[Na+]. The molecular formula is C5H11Na2O3P. The van der Waals surface area contributed by atoms with Crippen molar-refractivity contribution >= 4 is 7.94 Å². The summed E-state index contributed by atoms with van der Waals surface area (Å²) in [6.45, 7) is 3.77. The Balaban J connectivity index is -0.000000320. The molecule has 0 aromatic heterocycles. The Kier molecular flexibility index (Phi) is 15.3. The van der Waals surface area contributed by atoms with Crippen LogP contribution in [0, 0.1) is 5.92 Å². The van der Waals surface area contributed by atoms with Crippen LogP contribution in [0.4, 0.5) is 0 Å². The van der Waals surface area contributed by atoms with Crippen LogP contribution in [0.5, 0.6) is 0 Å². The molecule has 0 aliphatic rings. The van der Waals surface area contributed by atoms with Crippen molar-refractivity contribution in [2.45, 2.75) is 20.3 Å². The molecule has 0 aromatic carbocycles. The number of rotatable bonds is 3. The Morgan fingerprint density at radius 2 is 1.45 bits per heavy atom. The Hall–Kier alpha value is 2.31. The summed E-state index contributed by atoms with van der Waals surface area (Å²) >= 11 is 0. The molecule has 0 radical (unpaired) electrons. The summed E-state index contributed by atoms with van der Waals surface area (Å²) in [5, 5.41) is 0. The predicted octanol–water partition coefficient (Wildman–Crippen LogP) is -7.12. The first-order valence-corrected chi connectivity index (χ1v) is 4.65. The third-order valence-corrected chi connectivity index (χ3v) is 1.79. The molecule has 0 saturated heterocycles. The molecular weight excluding hydrogens is 185 g/mol. The molecule has 0 bridgehead atoms. The largest absolute Gasteiger partial charge is 1.00 e. The van der Waals surface area contributed by atoms with Gasteiger partial charge in [0.1, 0.15) is 0 Å². The van der Waals surface area contributed by atoms with Gasteiger partial charge in [0.15, 0.2) is 0 Å². The van der Waals surface area contributed by atoms with Crippen LogP contribution in [0.2, 0.25) is 0 Å². The summed E-state index contributed by atoms with van der Waals surface area (Å²) in [5.41, 5.74) is 0. The molecule has 0 amide bonds. The Morgan fingerprint density at radius 3 is 1.55 bits per heavy atom. The van der Waals surface area contributed by atoms with Crippen molar-refractivity contribution in [3.05, 3.63) is 0 Å². The molecule has 0 fully saturated rings. The van der Waals surface area contributed by atoms with E-state index in [4.69, 9.17) is 0 Å². The quantitative estimate of drug-likeness (QED) is 0.332. The summed E-state index contributed by atoms with van der Waals surface area (Å²) in [5.74, 6) is 0.293. The topological polar surface area (TPSA) is 69.2 Å². The van der Waals surface area contributed by atoms with E-state index in [1.54, 1.807) is 0 Å². The van der Waals surface area contributed by atoms with Crippen molar-refractivity contribution in [3.63, 3.8) is 0 Å². The second-order valence-electron chi connectivity index (χ2n) is 2.52. The molecule has 0 spiro atoms. The van der Waals surface area contributed by atoms with Gasteiger partial charge < -0.3 is 14.7 Å². The van der Waals surface area contributed by atoms with Crippen molar-refractivity contribution in [1.29, 1.82) is 0 Å². The minimum absolute atomic E-state index is 0. The molecule has 0 aliphatic carbocycles. The van der Waals surface area contributed by atoms with Gasteiger partial charge in [0.25, 0.3) is 0 Å². The molecule has 0 aliphatic heterocycles. The van der Waals surface area contributed by atoms with Crippen LogP contribution in [0.15, 0.2) is 0 Å². The zero-order valence-electron chi connectivity index (χ0n) is 7.66.